The molecule has 0 unspecified atom stereocenters. The fourth-order valence-electron chi connectivity index (χ4n) is 3.45. The number of aryl methyl sites for hydroxylation is 1. The van der Waals surface area contributed by atoms with Crippen molar-refractivity contribution in [2.75, 3.05) is 31.1 Å². The minimum atomic E-state index is -0.154. The normalized spacial score (nSPS) is 15.1. The second kappa shape index (κ2) is 6.07. The average molecular weight is 382 g/mol. The lowest BCUT2D eigenvalue weighted by molar-refractivity contribution is 0.478. The molecule has 4 heterocycles. The van der Waals surface area contributed by atoms with Gasteiger partial charge >= 0.3 is 0 Å². The Balaban J connectivity index is 1.63. The van der Waals surface area contributed by atoms with Gasteiger partial charge in [0.25, 0.3) is 5.56 Å². The zero-order valence-corrected chi connectivity index (χ0v) is 15.5. The summed E-state index contributed by atoms with van der Waals surface area (Å²) in [5.41, 5.74) is 1.55. The molecule has 0 aliphatic carbocycles. The lowest BCUT2D eigenvalue weighted by atomic mass is 10.1. The number of nitrogens with zero attached hydrogens (tertiary/aromatic N) is 5. The molecule has 1 aliphatic rings. The van der Waals surface area contributed by atoms with Crippen molar-refractivity contribution >= 4 is 32.2 Å². The third kappa shape index (κ3) is 2.75. The Kier molecular flexibility index (Phi) is 3.66. The molecule has 0 atom stereocenters. The summed E-state index contributed by atoms with van der Waals surface area (Å²) in [7, 11) is 1.83. The second-order valence-corrected chi connectivity index (χ2v) is 7.66. The maximum absolute atomic E-state index is 12.6. The van der Waals surface area contributed by atoms with Crippen LogP contribution in [0.5, 0.6) is 5.75 Å². The smallest absolute Gasteiger partial charge is 0.259 e. The summed E-state index contributed by atoms with van der Waals surface area (Å²) < 4.78 is 3.27. The summed E-state index contributed by atoms with van der Waals surface area (Å²) in [6.07, 6.45) is 3.73. The van der Waals surface area contributed by atoms with E-state index >= 15 is 0 Å². The van der Waals surface area contributed by atoms with Crippen LogP contribution in [-0.2, 0) is 7.05 Å². The van der Waals surface area contributed by atoms with Gasteiger partial charge in [-0.1, -0.05) is 11.3 Å². The first-order valence-corrected chi connectivity index (χ1v) is 9.56. The quantitative estimate of drug-likeness (QED) is 0.545. The van der Waals surface area contributed by atoms with E-state index in [4.69, 9.17) is 0 Å². The number of aromatic hydroxyl groups is 1. The van der Waals surface area contributed by atoms with Crippen molar-refractivity contribution in [2.24, 2.45) is 7.05 Å². The van der Waals surface area contributed by atoms with Gasteiger partial charge in [0.1, 0.15) is 10.8 Å². The van der Waals surface area contributed by atoms with E-state index < -0.39 is 0 Å². The zero-order valence-electron chi connectivity index (χ0n) is 14.7. The van der Waals surface area contributed by atoms with Gasteiger partial charge in [0, 0.05) is 68.7 Å². The third-order valence-corrected chi connectivity index (χ3v) is 5.84. The molecule has 9 heteroatoms. The van der Waals surface area contributed by atoms with Crippen LogP contribution >= 0.6 is 11.3 Å². The number of benzene rings is 1. The molecule has 27 heavy (non-hydrogen) atoms. The summed E-state index contributed by atoms with van der Waals surface area (Å²) >= 11 is 1.49. The standard InChI is InChI=1S/C18H18N6O2S/c1-22-9-11-6-12(15(25)7-13(11)21-22)14-8-16(26)24-10-17(27-18(24)20-14)23-4-2-19-3-5-23/h6-10,19,25H,2-5H2,1H3. The number of hydrogen-bond acceptors (Lipinski definition) is 7. The maximum Gasteiger partial charge on any atom is 0.259 e. The lowest BCUT2D eigenvalue weighted by Crippen LogP contribution is -2.43. The van der Waals surface area contributed by atoms with E-state index in [-0.39, 0.29) is 11.3 Å². The highest BCUT2D eigenvalue weighted by Crippen LogP contribution is 2.33. The molecule has 1 fully saturated rings. The van der Waals surface area contributed by atoms with Gasteiger partial charge in [-0.2, -0.15) is 5.10 Å². The van der Waals surface area contributed by atoms with E-state index in [1.165, 1.54) is 17.4 Å². The maximum atomic E-state index is 12.6. The number of nitrogens with one attached hydrogen (secondary N) is 1. The van der Waals surface area contributed by atoms with Crippen LogP contribution in [0, 0.1) is 0 Å². The molecule has 138 valence electrons. The molecule has 0 saturated carbocycles. The van der Waals surface area contributed by atoms with E-state index in [0.29, 0.717) is 21.7 Å². The SMILES string of the molecule is Cn1cc2cc(-c3cc(=O)n4cc(N5CCNCC5)sc4n3)c(O)cc2n1. The monoisotopic (exact) mass is 382 g/mol. The number of thiazole rings is 1. The molecule has 0 bridgehead atoms. The van der Waals surface area contributed by atoms with Crippen molar-refractivity contribution < 1.29 is 5.11 Å². The first-order chi connectivity index (χ1) is 13.1. The molecule has 2 N–H and O–H groups in total. The van der Waals surface area contributed by atoms with Crippen LogP contribution in [0.15, 0.2) is 35.4 Å². The van der Waals surface area contributed by atoms with Crippen molar-refractivity contribution in [3.63, 3.8) is 0 Å². The van der Waals surface area contributed by atoms with Crippen LogP contribution in [0.4, 0.5) is 5.00 Å². The van der Waals surface area contributed by atoms with Gasteiger partial charge in [0.2, 0.25) is 0 Å². The molecular formula is C18H18N6O2S. The van der Waals surface area contributed by atoms with E-state index in [2.05, 4.69) is 20.3 Å². The molecule has 1 aromatic carbocycles. The van der Waals surface area contributed by atoms with Crippen molar-refractivity contribution in [1.29, 1.82) is 0 Å². The molecule has 1 saturated heterocycles. The predicted molar refractivity (Wildman–Crippen MR) is 106 cm³/mol. The van der Waals surface area contributed by atoms with Crippen LogP contribution in [0.1, 0.15) is 0 Å². The highest BCUT2D eigenvalue weighted by atomic mass is 32.1. The van der Waals surface area contributed by atoms with Crippen LogP contribution in [0.2, 0.25) is 0 Å². The van der Waals surface area contributed by atoms with E-state index in [1.807, 2.05) is 25.5 Å². The largest absolute Gasteiger partial charge is 0.507 e. The Bertz CT molecular complexity index is 1220. The Labute approximate surface area is 158 Å². The molecule has 0 radical (unpaired) electrons. The number of phenols is 1. The van der Waals surface area contributed by atoms with Gasteiger partial charge < -0.3 is 15.3 Å². The molecule has 5 rings (SSSR count). The molecular weight excluding hydrogens is 364 g/mol. The highest BCUT2D eigenvalue weighted by molar-refractivity contribution is 7.20. The Morgan fingerprint density at radius 1 is 1.19 bits per heavy atom. The summed E-state index contributed by atoms with van der Waals surface area (Å²) in [5.74, 6) is 0.0661. The van der Waals surface area contributed by atoms with Crippen molar-refractivity contribution in [2.45, 2.75) is 0 Å². The topological polar surface area (TPSA) is 87.7 Å². The summed E-state index contributed by atoms with van der Waals surface area (Å²) in [5, 5.41) is 20.0. The van der Waals surface area contributed by atoms with Gasteiger partial charge in [-0.15, -0.1) is 0 Å². The summed E-state index contributed by atoms with van der Waals surface area (Å²) in [4.78, 5) is 20.2. The number of phenolic OH excluding ortho intramolecular Hbond substituents is 1. The fourth-order valence-corrected chi connectivity index (χ4v) is 4.49. The molecule has 1 aliphatic heterocycles. The van der Waals surface area contributed by atoms with Gasteiger partial charge in [-0.3, -0.25) is 13.9 Å². The number of piperazine rings is 1. The minimum Gasteiger partial charge on any atom is -0.507 e. The second-order valence-electron chi connectivity index (χ2n) is 6.67. The molecule has 3 aromatic heterocycles. The molecule has 0 spiro atoms. The Morgan fingerprint density at radius 2 is 2.00 bits per heavy atom. The number of aromatic nitrogens is 4. The minimum absolute atomic E-state index is 0.0661. The number of hydrogen-bond donors (Lipinski definition) is 2. The molecule has 8 nitrogen and oxygen atoms in total. The van der Waals surface area contributed by atoms with Crippen LogP contribution in [0.25, 0.3) is 27.1 Å². The van der Waals surface area contributed by atoms with E-state index in [1.54, 1.807) is 15.1 Å². The Morgan fingerprint density at radius 3 is 2.81 bits per heavy atom. The molecule has 0 amide bonds. The summed E-state index contributed by atoms with van der Waals surface area (Å²) in [6.45, 7) is 3.68. The number of fused-ring (bicyclic) bond motifs is 2. The fraction of sp³-hybridized carbons (Fsp3) is 0.278. The van der Waals surface area contributed by atoms with Crippen LogP contribution in [-0.4, -0.2) is 50.5 Å². The first-order valence-electron chi connectivity index (χ1n) is 8.74. The first kappa shape index (κ1) is 16.3. The highest BCUT2D eigenvalue weighted by Gasteiger charge is 2.17. The number of rotatable bonds is 2. The average Bonchev–Trinajstić information content (AvgIpc) is 3.24. The van der Waals surface area contributed by atoms with E-state index in [9.17, 15) is 9.90 Å². The van der Waals surface area contributed by atoms with Crippen molar-refractivity contribution in [3.8, 4) is 17.0 Å². The van der Waals surface area contributed by atoms with Gasteiger partial charge in [-0.25, -0.2) is 4.98 Å². The predicted octanol–water partition coefficient (Wildman–Crippen LogP) is 1.42. The van der Waals surface area contributed by atoms with Gasteiger partial charge in [-0.05, 0) is 6.07 Å². The Hall–Kier alpha value is -2.91. The van der Waals surface area contributed by atoms with Crippen molar-refractivity contribution in [3.05, 3.63) is 40.9 Å². The van der Waals surface area contributed by atoms with Crippen LogP contribution < -0.4 is 15.8 Å². The number of anilines is 1. The van der Waals surface area contributed by atoms with Crippen LogP contribution in [0.3, 0.4) is 0 Å². The van der Waals surface area contributed by atoms with Gasteiger partial charge in [0.05, 0.1) is 11.2 Å². The molecule has 4 aromatic rings. The van der Waals surface area contributed by atoms with Gasteiger partial charge in [0.15, 0.2) is 4.96 Å². The van der Waals surface area contributed by atoms with Crippen molar-refractivity contribution in [1.82, 2.24) is 24.5 Å². The zero-order chi connectivity index (χ0) is 18.5. The summed E-state index contributed by atoms with van der Waals surface area (Å²) in [6, 6.07) is 4.90. The lowest BCUT2D eigenvalue weighted by Gasteiger charge is -2.27. The third-order valence-electron chi connectivity index (χ3n) is 4.80. The van der Waals surface area contributed by atoms with E-state index in [0.717, 1.165) is 36.6 Å².